The van der Waals surface area contributed by atoms with Crippen molar-refractivity contribution in [2.45, 2.75) is 6.92 Å². The summed E-state index contributed by atoms with van der Waals surface area (Å²) in [5.74, 6) is 0.0335. The topological polar surface area (TPSA) is 94.2 Å². The number of nitrogens with one attached hydrogen (secondary N) is 1. The Morgan fingerprint density at radius 1 is 1.18 bits per heavy atom. The number of benzene rings is 2. The van der Waals surface area contributed by atoms with E-state index in [1.54, 1.807) is 18.2 Å². The largest absolute Gasteiger partial charge is 0.493 e. The number of thioether (sulfide) groups is 1. The summed E-state index contributed by atoms with van der Waals surface area (Å²) >= 11 is 4.30. The molecular formula is C23H23BrN2O6S. The van der Waals surface area contributed by atoms with E-state index in [1.165, 1.54) is 14.2 Å². The van der Waals surface area contributed by atoms with Gasteiger partial charge in [0.05, 0.1) is 29.6 Å². The Balaban J connectivity index is 1.71. The van der Waals surface area contributed by atoms with Gasteiger partial charge in [-0.2, -0.15) is 0 Å². The van der Waals surface area contributed by atoms with Gasteiger partial charge in [0, 0.05) is 12.8 Å². The van der Waals surface area contributed by atoms with Crippen molar-refractivity contribution in [3.63, 3.8) is 0 Å². The molecule has 2 aromatic carbocycles. The number of hydrogen-bond acceptors (Lipinski definition) is 7. The summed E-state index contributed by atoms with van der Waals surface area (Å²) in [4.78, 5) is 38.4. The lowest BCUT2D eigenvalue weighted by atomic mass is 10.2. The maximum absolute atomic E-state index is 12.5. The average molecular weight is 535 g/mol. The van der Waals surface area contributed by atoms with Crippen LogP contribution in [0, 0.1) is 6.92 Å². The monoisotopic (exact) mass is 534 g/mol. The third-order valence-electron chi connectivity index (χ3n) is 4.63. The molecule has 0 saturated carbocycles. The van der Waals surface area contributed by atoms with E-state index < -0.39 is 0 Å². The van der Waals surface area contributed by atoms with Crippen LogP contribution in [0.1, 0.15) is 11.1 Å². The normalized spacial score (nSPS) is 14.7. The molecule has 0 aliphatic carbocycles. The van der Waals surface area contributed by atoms with Crippen LogP contribution >= 0.6 is 27.7 Å². The Morgan fingerprint density at radius 3 is 2.58 bits per heavy atom. The average Bonchev–Trinajstić information content (AvgIpc) is 3.05. The highest BCUT2D eigenvalue weighted by Gasteiger charge is 2.34. The number of carbonyl (C=O) groups excluding carboxylic acids is 3. The lowest BCUT2D eigenvalue weighted by molar-refractivity contribution is -0.123. The molecule has 0 unspecified atom stereocenters. The highest BCUT2D eigenvalue weighted by Crippen LogP contribution is 2.39. The Hall–Kier alpha value is -2.82. The van der Waals surface area contributed by atoms with E-state index in [9.17, 15) is 14.4 Å². The smallest absolute Gasteiger partial charge is 0.293 e. The van der Waals surface area contributed by atoms with Crippen molar-refractivity contribution in [2.75, 3.05) is 39.3 Å². The van der Waals surface area contributed by atoms with Crippen LogP contribution in [0.2, 0.25) is 0 Å². The molecule has 1 aliphatic heterocycles. The van der Waals surface area contributed by atoms with Crippen molar-refractivity contribution in [1.82, 2.24) is 4.90 Å². The van der Waals surface area contributed by atoms with E-state index in [0.717, 1.165) is 22.2 Å². The molecule has 0 atom stereocenters. The van der Waals surface area contributed by atoms with Crippen LogP contribution in [0.15, 0.2) is 45.8 Å². The number of halogens is 1. The molecule has 0 spiro atoms. The Labute approximate surface area is 204 Å². The van der Waals surface area contributed by atoms with Gasteiger partial charge >= 0.3 is 0 Å². The lowest BCUT2D eigenvalue weighted by Gasteiger charge is -2.14. The number of aryl methyl sites for hydroxylation is 1. The maximum Gasteiger partial charge on any atom is 0.293 e. The number of amides is 3. The quantitative estimate of drug-likeness (QED) is 0.474. The lowest BCUT2D eigenvalue weighted by Crippen LogP contribution is -2.31. The number of nitrogens with zero attached hydrogens (tertiary/aromatic N) is 1. The van der Waals surface area contributed by atoms with Crippen molar-refractivity contribution >= 4 is 56.5 Å². The van der Waals surface area contributed by atoms with Gasteiger partial charge in [0.2, 0.25) is 0 Å². The Kier molecular flexibility index (Phi) is 8.54. The molecule has 1 fully saturated rings. The fourth-order valence-electron chi connectivity index (χ4n) is 2.96. The number of anilines is 1. The van der Waals surface area contributed by atoms with Gasteiger partial charge in [-0.1, -0.05) is 17.7 Å². The highest BCUT2D eigenvalue weighted by atomic mass is 79.9. The van der Waals surface area contributed by atoms with Gasteiger partial charge in [-0.05, 0) is 70.5 Å². The van der Waals surface area contributed by atoms with E-state index in [1.807, 2.05) is 31.2 Å². The molecule has 1 heterocycles. The van der Waals surface area contributed by atoms with Crippen LogP contribution in [0.25, 0.3) is 6.08 Å². The first-order chi connectivity index (χ1) is 15.8. The van der Waals surface area contributed by atoms with Crippen LogP contribution in [0.3, 0.4) is 0 Å². The summed E-state index contributed by atoms with van der Waals surface area (Å²) in [5.41, 5.74) is 2.40. The molecule has 8 nitrogen and oxygen atoms in total. The predicted molar refractivity (Wildman–Crippen MR) is 131 cm³/mol. The van der Waals surface area contributed by atoms with Gasteiger partial charge < -0.3 is 19.5 Å². The second-order valence-electron chi connectivity index (χ2n) is 7.06. The molecule has 1 aliphatic rings. The van der Waals surface area contributed by atoms with Crippen LogP contribution in [0.4, 0.5) is 10.5 Å². The van der Waals surface area contributed by atoms with Crippen LogP contribution in [0.5, 0.6) is 11.5 Å². The first-order valence-electron chi connectivity index (χ1n) is 9.93. The molecule has 3 amide bonds. The van der Waals surface area contributed by atoms with Gasteiger partial charge in [-0.15, -0.1) is 0 Å². The van der Waals surface area contributed by atoms with Gasteiger partial charge in [0.1, 0.15) is 0 Å². The molecular weight excluding hydrogens is 512 g/mol. The molecule has 0 radical (unpaired) electrons. The minimum Gasteiger partial charge on any atom is -0.493 e. The second kappa shape index (κ2) is 11.4. The number of methoxy groups -OCH3 is 2. The number of hydrogen-bond donors (Lipinski definition) is 1. The number of carbonyl (C=O) groups is 3. The number of imide groups is 1. The fourth-order valence-corrected chi connectivity index (χ4v) is 4.40. The summed E-state index contributed by atoms with van der Waals surface area (Å²) in [5, 5.41) is 2.43. The zero-order valence-electron chi connectivity index (χ0n) is 18.3. The predicted octanol–water partition coefficient (Wildman–Crippen LogP) is 4.47. The third-order valence-corrected chi connectivity index (χ3v) is 6.12. The van der Waals surface area contributed by atoms with E-state index in [4.69, 9.17) is 14.2 Å². The number of ether oxygens (including phenoxy) is 3. The van der Waals surface area contributed by atoms with E-state index in [0.29, 0.717) is 32.1 Å². The van der Waals surface area contributed by atoms with Gasteiger partial charge in [0.15, 0.2) is 18.1 Å². The van der Waals surface area contributed by atoms with E-state index in [2.05, 4.69) is 21.2 Å². The first kappa shape index (κ1) is 24.8. The molecule has 10 heteroatoms. The Morgan fingerprint density at radius 2 is 1.91 bits per heavy atom. The van der Waals surface area contributed by atoms with Crippen molar-refractivity contribution in [3.05, 3.63) is 56.9 Å². The summed E-state index contributed by atoms with van der Waals surface area (Å²) in [6, 6.07) is 10.8. The second-order valence-corrected chi connectivity index (χ2v) is 8.91. The minimum absolute atomic E-state index is 0.197. The SMILES string of the molecule is COCCN1C(=O)S/C(=C/c2cc(Br)c(OCC(=O)Nc3ccc(C)cc3)c(OC)c2)C1=O. The van der Waals surface area contributed by atoms with Crippen LogP contribution in [-0.2, 0) is 14.3 Å². The van der Waals surface area contributed by atoms with E-state index >= 15 is 0 Å². The van der Waals surface area contributed by atoms with Gasteiger partial charge in [0.25, 0.3) is 17.1 Å². The zero-order chi connectivity index (χ0) is 24.0. The summed E-state index contributed by atoms with van der Waals surface area (Å²) in [6.45, 7) is 2.21. The fraction of sp³-hybridized carbons (Fsp3) is 0.261. The Bertz CT molecular complexity index is 1090. The highest BCUT2D eigenvalue weighted by molar-refractivity contribution is 9.10. The number of rotatable bonds is 9. The minimum atomic E-state index is -0.370. The maximum atomic E-state index is 12.5. The van der Waals surface area contributed by atoms with Crippen LogP contribution in [-0.4, -0.2) is 55.9 Å². The molecule has 33 heavy (non-hydrogen) atoms. The molecule has 1 N–H and O–H groups in total. The molecule has 3 rings (SSSR count). The third kappa shape index (κ3) is 6.37. The molecule has 0 bridgehead atoms. The van der Waals surface area contributed by atoms with Crippen molar-refractivity contribution in [2.24, 2.45) is 0 Å². The van der Waals surface area contributed by atoms with E-state index in [-0.39, 0.29) is 36.8 Å². The first-order valence-corrected chi connectivity index (χ1v) is 11.5. The van der Waals surface area contributed by atoms with Crippen molar-refractivity contribution in [3.8, 4) is 11.5 Å². The zero-order valence-corrected chi connectivity index (χ0v) is 20.7. The molecule has 174 valence electrons. The van der Waals surface area contributed by atoms with Crippen LogP contribution < -0.4 is 14.8 Å². The standard InChI is InChI=1S/C23H23BrN2O6S/c1-14-4-6-16(7-5-14)25-20(27)13-32-21-17(24)10-15(11-18(21)31-3)12-19-22(28)26(8-9-30-2)23(29)33-19/h4-7,10-12H,8-9,13H2,1-3H3,(H,25,27)/b19-12+. The summed E-state index contributed by atoms with van der Waals surface area (Å²) in [7, 11) is 2.98. The van der Waals surface area contributed by atoms with Crippen molar-refractivity contribution in [1.29, 1.82) is 0 Å². The van der Waals surface area contributed by atoms with Gasteiger partial charge in [-0.3, -0.25) is 19.3 Å². The molecule has 1 saturated heterocycles. The summed E-state index contributed by atoms with van der Waals surface area (Å²) in [6.07, 6.45) is 1.61. The molecule has 0 aromatic heterocycles. The molecule has 2 aromatic rings. The summed E-state index contributed by atoms with van der Waals surface area (Å²) < 4.78 is 16.6. The van der Waals surface area contributed by atoms with Crippen molar-refractivity contribution < 1.29 is 28.6 Å². The van der Waals surface area contributed by atoms with Gasteiger partial charge in [-0.25, -0.2) is 0 Å².